The Kier molecular flexibility index (Phi) is 7.00. The van der Waals surface area contributed by atoms with Gasteiger partial charge in [-0.1, -0.05) is 25.5 Å². The molecule has 37 heavy (non-hydrogen) atoms. The van der Waals surface area contributed by atoms with Gasteiger partial charge >= 0.3 is 0 Å². The lowest BCUT2D eigenvalue weighted by Gasteiger charge is -2.43. The van der Waals surface area contributed by atoms with Gasteiger partial charge in [-0.2, -0.15) is 0 Å². The molecule has 4 nitrogen and oxygen atoms in total. The van der Waals surface area contributed by atoms with Crippen LogP contribution in [-0.2, 0) is 6.42 Å². The van der Waals surface area contributed by atoms with Crippen LogP contribution < -0.4 is 4.74 Å². The number of fused-ring (bicyclic) bond motifs is 3. The Labute approximate surface area is 215 Å². The summed E-state index contributed by atoms with van der Waals surface area (Å²) in [6.07, 6.45) is 1.65. The maximum atomic E-state index is 15.7. The van der Waals surface area contributed by atoms with Gasteiger partial charge in [0.25, 0.3) is 0 Å². The van der Waals surface area contributed by atoms with Gasteiger partial charge in [-0.25, -0.2) is 17.6 Å². The first-order valence-electron chi connectivity index (χ1n) is 13.1. The minimum absolute atomic E-state index is 0.0398. The van der Waals surface area contributed by atoms with Gasteiger partial charge in [-0.05, 0) is 44.7 Å². The summed E-state index contributed by atoms with van der Waals surface area (Å²) in [7, 11) is 0. The van der Waals surface area contributed by atoms with Crippen LogP contribution in [0.4, 0.5) is 17.6 Å². The van der Waals surface area contributed by atoms with Crippen molar-refractivity contribution in [3.8, 4) is 5.75 Å². The summed E-state index contributed by atoms with van der Waals surface area (Å²) >= 11 is 0. The third-order valence-corrected chi connectivity index (χ3v) is 7.77. The summed E-state index contributed by atoms with van der Waals surface area (Å²) in [5.74, 6) is -1.14. The fourth-order valence-corrected chi connectivity index (χ4v) is 5.85. The molecule has 200 valence electrons. The number of benzene rings is 2. The predicted octanol–water partition coefficient (Wildman–Crippen LogP) is 6.39. The lowest BCUT2D eigenvalue weighted by Crippen LogP contribution is -2.48. The minimum atomic E-state index is -1.61. The third-order valence-electron chi connectivity index (χ3n) is 7.77. The third kappa shape index (κ3) is 5.10. The summed E-state index contributed by atoms with van der Waals surface area (Å²) < 4.78 is 66.6. The van der Waals surface area contributed by atoms with E-state index < -0.39 is 29.2 Å². The number of halogens is 4. The Morgan fingerprint density at radius 1 is 1.08 bits per heavy atom. The van der Waals surface area contributed by atoms with E-state index in [9.17, 15) is 8.78 Å². The Balaban J connectivity index is 1.49. The van der Waals surface area contributed by atoms with Crippen LogP contribution in [0.2, 0.25) is 0 Å². The van der Waals surface area contributed by atoms with Crippen LogP contribution >= 0.6 is 0 Å². The van der Waals surface area contributed by atoms with Crippen molar-refractivity contribution in [1.82, 2.24) is 14.8 Å². The van der Waals surface area contributed by atoms with Crippen molar-refractivity contribution in [3.05, 3.63) is 64.6 Å². The molecule has 8 heteroatoms. The molecule has 2 aliphatic heterocycles. The van der Waals surface area contributed by atoms with Crippen molar-refractivity contribution >= 4 is 10.9 Å². The molecule has 2 aliphatic rings. The van der Waals surface area contributed by atoms with Crippen molar-refractivity contribution in [2.75, 3.05) is 32.8 Å². The molecule has 0 aliphatic carbocycles. The van der Waals surface area contributed by atoms with Crippen molar-refractivity contribution in [2.45, 2.75) is 58.3 Å². The fraction of sp³-hybridized carbons (Fsp3) is 0.517. The first kappa shape index (κ1) is 26.0. The number of likely N-dealkylation sites (tertiary alicyclic amines) is 1. The zero-order valence-corrected chi connectivity index (χ0v) is 21.9. The molecule has 2 atom stereocenters. The molecule has 1 N–H and O–H groups in total. The van der Waals surface area contributed by atoms with Crippen LogP contribution in [-0.4, -0.2) is 59.3 Å². The standard InChI is InChI=1S/C29H35F4N3O/c1-5-18-14-35(15-18)9-10-37-19-12-23(31)25(24(32)13-19)28-27-21(11-17(2)36(28)16-29(3,4)33)20-7-6-8-22(30)26(20)34-27/h6-8,12-13,17-18,28,34H,5,9-11,14-16H2,1-4H3/t17-,28-/m1/s1. The molecule has 0 bridgehead atoms. The van der Waals surface area contributed by atoms with Gasteiger partial charge in [0, 0.05) is 61.0 Å². The number of aromatic amines is 1. The van der Waals surface area contributed by atoms with Crippen molar-refractivity contribution in [1.29, 1.82) is 0 Å². The number of aromatic nitrogens is 1. The number of hydrogen-bond donors (Lipinski definition) is 1. The van der Waals surface area contributed by atoms with E-state index in [1.165, 1.54) is 32.0 Å². The minimum Gasteiger partial charge on any atom is -0.492 e. The van der Waals surface area contributed by atoms with Crippen molar-refractivity contribution < 1.29 is 22.3 Å². The molecule has 0 saturated carbocycles. The van der Waals surface area contributed by atoms with E-state index in [4.69, 9.17) is 4.74 Å². The molecule has 0 spiro atoms. The predicted molar refractivity (Wildman–Crippen MR) is 137 cm³/mol. The normalized spacial score (nSPS) is 21.3. The number of alkyl halides is 1. The average molecular weight is 518 g/mol. The quantitative estimate of drug-likeness (QED) is 0.352. The highest BCUT2D eigenvalue weighted by molar-refractivity contribution is 5.86. The maximum Gasteiger partial charge on any atom is 0.147 e. The highest BCUT2D eigenvalue weighted by Crippen LogP contribution is 2.44. The van der Waals surface area contributed by atoms with E-state index in [1.807, 2.05) is 6.92 Å². The monoisotopic (exact) mass is 517 g/mol. The number of ether oxygens (including phenoxy) is 1. The SMILES string of the molecule is CCC1CN(CCOc2cc(F)c([C@@H]3c4[nH]c5c(F)cccc5c4C[C@@H](C)N3CC(C)(C)F)c(F)c2)C1. The summed E-state index contributed by atoms with van der Waals surface area (Å²) in [5, 5.41) is 0.683. The first-order chi connectivity index (χ1) is 17.6. The molecule has 1 saturated heterocycles. The molecule has 1 fully saturated rings. The average Bonchev–Trinajstić information content (AvgIpc) is 3.15. The smallest absolute Gasteiger partial charge is 0.147 e. The van der Waals surface area contributed by atoms with Crippen LogP contribution in [0.1, 0.15) is 57.0 Å². The van der Waals surface area contributed by atoms with Gasteiger partial charge < -0.3 is 9.72 Å². The molecular weight excluding hydrogens is 482 g/mol. The molecule has 3 aromatic rings. The van der Waals surface area contributed by atoms with E-state index in [0.29, 0.717) is 42.1 Å². The summed E-state index contributed by atoms with van der Waals surface area (Å²) in [6.45, 7) is 10.0. The molecule has 1 aromatic heterocycles. The molecule has 0 radical (unpaired) electrons. The molecule has 0 unspecified atom stereocenters. The van der Waals surface area contributed by atoms with E-state index in [2.05, 4.69) is 16.8 Å². The van der Waals surface area contributed by atoms with Gasteiger partial charge in [0.2, 0.25) is 0 Å². The Hall–Kier alpha value is -2.58. The van der Waals surface area contributed by atoms with Crippen molar-refractivity contribution in [3.63, 3.8) is 0 Å². The van der Waals surface area contributed by atoms with Crippen molar-refractivity contribution in [2.24, 2.45) is 5.92 Å². The first-order valence-corrected chi connectivity index (χ1v) is 13.1. The Bertz CT molecular complexity index is 1260. The van der Waals surface area contributed by atoms with Crippen LogP contribution in [0, 0.1) is 23.4 Å². The molecule has 5 rings (SSSR count). The molecular formula is C29H35F4N3O. The lowest BCUT2D eigenvalue weighted by molar-refractivity contribution is 0.0641. The maximum absolute atomic E-state index is 15.7. The van der Waals surface area contributed by atoms with Gasteiger partial charge in [-0.15, -0.1) is 0 Å². The Morgan fingerprint density at radius 2 is 1.78 bits per heavy atom. The van der Waals surface area contributed by atoms with Crippen LogP contribution in [0.5, 0.6) is 5.75 Å². The summed E-state index contributed by atoms with van der Waals surface area (Å²) in [4.78, 5) is 7.12. The number of nitrogens with zero attached hydrogens (tertiary/aromatic N) is 2. The number of rotatable bonds is 8. The highest BCUT2D eigenvalue weighted by atomic mass is 19.1. The van der Waals surface area contributed by atoms with Crippen LogP contribution in [0.25, 0.3) is 10.9 Å². The van der Waals surface area contributed by atoms with E-state index in [0.717, 1.165) is 25.1 Å². The van der Waals surface area contributed by atoms with Gasteiger partial charge in [0.1, 0.15) is 35.5 Å². The fourth-order valence-electron chi connectivity index (χ4n) is 5.85. The molecule has 2 aromatic carbocycles. The molecule has 0 amide bonds. The second-order valence-electron chi connectivity index (χ2n) is 11.2. The zero-order valence-electron chi connectivity index (χ0n) is 21.9. The molecule has 3 heterocycles. The van der Waals surface area contributed by atoms with Gasteiger partial charge in [-0.3, -0.25) is 9.80 Å². The summed E-state index contributed by atoms with van der Waals surface area (Å²) in [6, 6.07) is 6.00. The number of H-pyrrole nitrogens is 1. The highest BCUT2D eigenvalue weighted by Gasteiger charge is 2.41. The number of hydrogen-bond acceptors (Lipinski definition) is 3. The second-order valence-corrected chi connectivity index (χ2v) is 11.2. The Morgan fingerprint density at radius 3 is 2.43 bits per heavy atom. The van der Waals surface area contributed by atoms with Crippen LogP contribution in [0.15, 0.2) is 30.3 Å². The van der Waals surface area contributed by atoms with E-state index in [1.54, 1.807) is 17.0 Å². The van der Waals surface area contributed by atoms with E-state index in [-0.39, 0.29) is 23.9 Å². The number of nitrogens with one attached hydrogen (secondary N) is 1. The summed E-state index contributed by atoms with van der Waals surface area (Å²) in [5.41, 5.74) is -0.200. The zero-order chi connectivity index (χ0) is 26.5. The topological polar surface area (TPSA) is 31.5 Å². The lowest BCUT2D eigenvalue weighted by atomic mass is 9.87. The largest absolute Gasteiger partial charge is 0.492 e. The van der Waals surface area contributed by atoms with E-state index >= 15 is 8.78 Å². The van der Waals surface area contributed by atoms with Gasteiger partial charge in [0.15, 0.2) is 0 Å². The van der Waals surface area contributed by atoms with Crippen LogP contribution in [0.3, 0.4) is 0 Å². The second kappa shape index (κ2) is 9.95. The van der Waals surface area contributed by atoms with Gasteiger partial charge in [0.05, 0.1) is 11.6 Å². The number of para-hydroxylation sites is 1.